The van der Waals surface area contributed by atoms with Gasteiger partial charge in [0.1, 0.15) is 28.2 Å². The van der Waals surface area contributed by atoms with Gasteiger partial charge in [0.25, 0.3) is 17.7 Å². The second-order valence-corrected chi connectivity index (χ2v) is 10.5. The normalized spacial score (nSPS) is 11.4. The number of hydrogen-bond donors (Lipinski definition) is 3. The number of halogens is 1. The van der Waals surface area contributed by atoms with Crippen molar-refractivity contribution < 1.29 is 23.2 Å². The molecule has 4 N–H and O–H groups in total. The van der Waals surface area contributed by atoms with Crippen molar-refractivity contribution in [2.24, 2.45) is 5.73 Å². The van der Waals surface area contributed by atoms with Gasteiger partial charge in [-0.15, -0.1) is 10.2 Å². The van der Waals surface area contributed by atoms with Crippen LogP contribution < -0.4 is 16.4 Å². The maximum absolute atomic E-state index is 13.3. The van der Waals surface area contributed by atoms with E-state index in [1.54, 1.807) is 56.3 Å². The molecule has 0 saturated carbocycles. The molecule has 5 aromatic rings. The van der Waals surface area contributed by atoms with Gasteiger partial charge < -0.3 is 15.5 Å². The average Bonchev–Trinajstić information content (AvgIpc) is 3.56. The number of amides is 3. The Morgan fingerprint density at radius 3 is 2.48 bits per heavy atom. The number of benzene rings is 3. The lowest BCUT2D eigenvalue weighted by atomic mass is 9.98. The minimum absolute atomic E-state index is 0.248. The van der Waals surface area contributed by atoms with Crippen LogP contribution >= 0.6 is 11.3 Å². The van der Waals surface area contributed by atoms with Crippen LogP contribution in [0.1, 0.15) is 45.9 Å². The van der Waals surface area contributed by atoms with Crippen LogP contribution in [0.15, 0.2) is 76.7 Å². The maximum atomic E-state index is 13.3. The highest BCUT2D eigenvalue weighted by molar-refractivity contribution is 7.13. The molecule has 0 unspecified atom stereocenters. The smallest absolute Gasteiger partial charge is 0.252 e. The molecule has 0 radical (unpaired) electrons. The van der Waals surface area contributed by atoms with Crippen LogP contribution in [-0.2, 0) is 11.2 Å². The van der Waals surface area contributed by atoms with Crippen molar-refractivity contribution in [2.45, 2.75) is 25.8 Å². The van der Waals surface area contributed by atoms with Gasteiger partial charge in [0, 0.05) is 17.4 Å². The highest BCUT2D eigenvalue weighted by atomic mass is 32.1. The largest absolute Gasteiger partial charge is 0.460 e. The molecule has 11 heteroatoms. The first-order valence-corrected chi connectivity index (χ1v) is 13.1. The molecule has 3 aromatic carbocycles. The quantitative estimate of drug-likeness (QED) is 0.247. The second-order valence-electron chi connectivity index (χ2n) is 9.64. The fourth-order valence-electron chi connectivity index (χ4n) is 4.24. The van der Waals surface area contributed by atoms with Crippen LogP contribution in [0.4, 0.5) is 9.52 Å². The number of anilines is 1. The van der Waals surface area contributed by atoms with Crippen molar-refractivity contribution in [3.8, 4) is 11.1 Å². The van der Waals surface area contributed by atoms with Gasteiger partial charge in [-0.05, 0) is 66.9 Å². The number of nitrogens with zero attached hydrogens (tertiary/aromatic N) is 2. The van der Waals surface area contributed by atoms with Crippen LogP contribution in [0.25, 0.3) is 22.1 Å². The van der Waals surface area contributed by atoms with Crippen molar-refractivity contribution in [1.29, 1.82) is 0 Å². The predicted octanol–water partition coefficient (Wildman–Crippen LogP) is 4.93. The third-order valence-corrected chi connectivity index (χ3v) is 6.92. The van der Waals surface area contributed by atoms with Crippen molar-refractivity contribution >= 4 is 45.2 Å². The van der Waals surface area contributed by atoms with Crippen molar-refractivity contribution in [2.75, 3.05) is 5.32 Å². The predicted molar refractivity (Wildman–Crippen MR) is 149 cm³/mol. The van der Waals surface area contributed by atoms with E-state index in [9.17, 15) is 18.8 Å². The summed E-state index contributed by atoms with van der Waals surface area (Å²) in [4.78, 5) is 38.2. The SMILES string of the molecule is CC(C)(NC(=O)c1cccc(-c2ccc3oc(Cc4ccc(F)cc4)c(C(N)=O)c3c2)c1)C(=O)Nc1nncs1. The van der Waals surface area contributed by atoms with Gasteiger partial charge >= 0.3 is 0 Å². The number of carbonyl (C=O) groups is 3. The molecule has 9 nitrogen and oxygen atoms in total. The summed E-state index contributed by atoms with van der Waals surface area (Å²) in [5.74, 6) is -1.50. The molecule has 5 rings (SSSR count). The Kier molecular flexibility index (Phi) is 7.14. The average molecular weight is 558 g/mol. The van der Waals surface area contributed by atoms with Gasteiger partial charge in [0.2, 0.25) is 5.13 Å². The van der Waals surface area contributed by atoms with Crippen LogP contribution in [0, 0.1) is 5.82 Å². The van der Waals surface area contributed by atoms with Crippen molar-refractivity contribution in [3.05, 3.63) is 101 Å². The number of fused-ring (bicyclic) bond motifs is 1. The zero-order valence-electron chi connectivity index (χ0n) is 21.5. The molecule has 0 aliphatic carbocycles. The van der Waals surface area contributed by atoms with E-state index in [0.29, 0.717) is 33.0 Å². The number of furan rings is 1. The highest BCUT2D eigenvalue weighted by Gasteiger charge is 2.30. The third kappa shape index (κ3) is 5.59. The lowest BCUT2D eigenvalue weighted by Crippen LogP contribution is -2.52. The summed E-state index contributed by atoms with van der Waals surface area (Å²) >= 11 is 1.17. The van der Waals surface area contributed by atoms with Crippen LogP contribution in [0.2, 0.25) is 0 Å². The molecule has 0 aliphatic heterocycles. The summed E-state index contributed by atoms with van der Waals surface area (Å²) in [7, 11) is 0. The molecule has 0 fully saturated rings. The maximum Gasteiger partial charge on any atom is 0.252 e. The van der Waals surface area contributed by atoms with Crippen LogP contribution in [0.3, 0.4) is 0 Å². The number of primary amides is 1. The molecule has 40 heavy (non-hydrogen) atoms. The fraction of sp³-hybridized carbons (Fsp3) is 0.138. The van der Waals surface area contributed by atoms with Gasteiger partial charge in [-0.2, -0.15) is 0 Å². The van der Waals surface area contributed by atoms with E-state index in [-0.39, 0.29) is 17.8 Å². The second kappa shape index (κ2) is 10.7. The molecule has 0 aliphatic rings. The first-order chi connectivity index (χ1) is 19.1. The standard InChI is InChI=1S/C29H24FN5O4S/c1-29(2,27(38)33-28-35-32-15-40-28)34-26(37)19-5-3-4-17(13-19)18-8-11-22-21(14-18)24(25(31)36)23(39-22)12-16-6-9-20(30)10-7-16/h3-11,13-15H,12H2,1-2H3,(H2,31,36)(H,34,37)(H,33,35,38). The summed E-state index contributed by atoms with van der Waals surface area (Å²) in [6.45, 7) is 3.18. The zero-order valence-corrected chi connectivity index (χ0v) is 22.3. The zero-order chi connectivity index (χ0) is 28.4. The number of nitrogens with one attached hydrogen (secondary N) is 2. The van der Waals surface area contributed by atoms with E-state index in [1.165, 1.54) is 29.0 Å². The fourth-order valence-corrected chi connectivity index (χ4v) is 4.68. The summed E-state index contributed by atoms with van der Waals surface area (Å²) in [5.41, 5.74) is 9.26. The summed E-state index contributed by atoms with van der Waals surface area (Å²) in [5, 5.41) is 13.7. The minimum atomic E-state index is -1.23. The molecule has 0 bridgehead atoms. The Bertz CT molecular complexity index is 1730. The summed E-state index contributed by atoms with van der Waals surface area (Å²) in [6, 6.07) is 18.2. The Morgan fingerprint density at radius 1 is 1.02 bits per heavy atom. The topological polar surface area (TPSA) is 140 Å². The number of hydrogen-bond acceptors (Lipinski definition) is 7. The van der Waals surface area contributed by atoms with E-state index >= 15 is 0 Å². The third-order valence-electron chi connectivity index (χ3n) is 6.32. The van der Waals surface area contributed by atoms with Crippen molar-refractivity contribution in [1.82, 2.24) is 15.5 Å². The number of nitrogens with two attached hydrogens (primary N) is 1. The summed E-state index contributed by atoms with van der Waals surface area (Å²) in [6.07, 6.45) is 0.265. The van der Waals surface area contributed by atoms with E-state index in [4.69, 9.17) is 10.2 Å². The molecule has 0 atom stereocenters. The minimum Gasteiger partial charge on any atom is -0.460 e. The van der Waals surface area contributed by atoms with E-state index in [2.05, 4.69) is 20.8 Å². The molecular formula is C29H24FN5O4S. The number of carbonyl (C=O) groups excluding carboxylic acids is 3. The lowest BCUT2D eigenvalue weighted by molar-refractivity contribution is -0.120. The molecule has 2 heterocycles. The van der Waals surface area contributed by atoms with Gasteiger partial charge in [-0.25, -0.2) is 4.39 Å². The van der Waals surface area contributed by atoms with Gasteiger partial charge in [0.05, 0.1) is 5.56 Å². The van der Waals surface area contributed by atoms with Gasteiger partial charge in [-0.3, -0.25) is 19.7 Å². The van der Waals surface area contributed by atoms with E-state index in [0.717, 1.165) is 11.1 Å². The number of aromatic nitrogens is 2. The van der Waals surface area contributed by atoms with Gasteiger partial charge in [0.15, 0.2) is 0 Å². The van der Waals surface area contributed by atoms with Crippen LogP contribution in [0.5, 0.6) is 0 Å². The Labute approximate surface area is 232 Å². The molecule has 0 spiro atoms. The monoisotopic (exact) mass is 557 g/mol. The Hall–Kier alpha value is -4.90. The number of rotatable bonds is 8. The Balaban J connectivity index is 1.41. The van der Waals surface area contributed by atoms with Gasteiger partial charge in [-0.1, -0.05) is 41.7 Å². The molecule has 0 saturated heterocycles. The molecular weight excluding hydrogens is 533 g/mol. The van der Waals surface area contributed by atoms with E-state index in [1.807, 2.05) is 12.1 Å². The Morgan fingerprint density at radius 2 is 1.77 bits per heavy atom. The van der Waals surface area contributed by atoms with E-state index < -0.39 is 23.3 Å². The highest BCUT2D eigenvalue weighted by Crippen LogP contribution is 2.32. The molecule has 202 valence electrons. The first kappa shape index (κ1) is 26.7. The summed E-state index contributed by atoms with van der Waals surface area (Å²) < 4.78 is 19.3. The van der Waals surface area contributed by atoms with Crippen LogP contribution in [-0.4, -0.2) is 33.5 Å². The first-order valence-electron chi connectivity index (χ1n) is 12.2. The van der Waals surface area contributed by atoms with Crippen molar-refractivity contribution in [3.63, 3.8) is 0 Å². The molecule has 3 amide bonds. The molecule has 2 aromatic heterocycles. The lowest BCUT2D eigenvalue weighted by Gasteiger charge is -2.24.